The Morgan fingerprint density at radius 2 is 1.67 bits per heavy atom. The van der Waals surface area contributed by atoms with Crippen LogP contribution < -0.4 is 10.9 Å². The standard InChI is InChI=1S/C17H31NO2Si/c1-4-6-15-7-9-16(10-8-15)21(2,3)12-5-11-17(18,13-19)14-20/h7-10,19-20H,4-6,11-14,18H2,1-3H3. The lowest BCUT2D eigenvalue weighted by molar-refractivity contribution is 0.114. The van der Waals surface area contributed by atoms with Gasteiger partial charge in [0.1, 0.15) is 0 Å². The van der Waals surface area contributed by atoms with Crippen LogP contribution in [0.5, 0.6) is 0 Å². The molecule has 120 valence electrons. The average Bonchev–Trinajstić information content (AvgIpc) is 2.48. The summed E-state index contributed by atoms with van der Waals surface area (Å²) in [7, 11) is -1.47. The molecule has 1 rings (SSSR count). The van der Waals surface area contributed by atoms with Gasteiger partial charge in [0.2, 0.25) is 0 Å². The molecule has 4 N–H and O–H groups in total. The summed E-state index contributed by atoms with van der Waals surface area (Å²) in [5.74, 6) is 0. The van der Waals surface area contributed by atoms with Gasteiger partial charge in [-0.1, -0.05) is 68.4 Å². The molecule has 1 aromatic carbocycles. The van der Waals surface area contributed by atoms with E-state index in [2.05, 4.69) is 44.3 Å². The van der Waals surface area contributed by atoms with E-state index >= 15 is 0 Å². The number of hydrogen-bond donors (Lipinski definition) is 3. The van der Waals surface area contributed by atoms with Gasteiger partial charge in [-0.3, -0.25) is 0 Å². The third-order valence-electron chi connectivity index (χ3n) is 4.38. The lowest BCUT2D eigenvalue weighted by Crippen LogP contribution is -2.48. The van der Waals surface area contributed by atoms with Crippen LogP contribution in [0.4, 0.5) is 0 Å². The predicted octanol–water partition coefficient (Wildman–Crippen LogP) is 2.02. The topological polar surface area (TPSA) is 66.5 Å². The highest BCUT2D eigenvalue weighted by molar-refractivity contribution is 6.89. The molecule has 0 amide bonds. The maximum atomic E-state index is 9.24. The van der Waals surface area contributed by atoms with Crippen molar-refractivity contribution in [3.05, 3.63) is 29.8 Å². The van der Waals surface area contributed by atoms with Crippen molar-refractivity contribution < 1.29 is 10.2 Å². The summed E-state index contributed by atoms with van der Waals surface area (Å²) in [6.07, 6.45) is 3.95. The summed E-state index contributed by atoms with van der Waals surface area (Å²) in [4.78, 5) is 0. The molecule has 0 bridgehead atoms. The Bertz CT molecular complexity index is 413. The number of rotatable bonds is 9. The third kappa shape index (κ3) is 5.55. The number of aryl methyl sites for hydroxylation is 1. The largest absolute Gasteiger partial charge is 0.394 e. The molecule has 0 aromatic heterocycles. The molecule has 0 spiro atoms. The van der Waals surface area contributed by atoms with Crippen LogP contribution in [-0.2, 0) is 6.42 Å². The monoisotopic (exact) mass is 309 g/mol. The highest BCUT2D eigenvalue weighted by Gasteiger charge is 2.27. The quantitative estimate of drug-likeness (QED) is 0.611. The van der Waals surface area contributed by atoms with Crippen LogP contribution in [0.15, 0.2) is 24.3 Å². The zero-order valence-electron chi connectivity index (χ0n) is 13.7. The molecule has 4 heteroatoms. The fraction of sp³-hybridized carbons (Fsp3) is 0.647. The molecule has 0 radical (unpaired) electrons. The van der Waals surface area contributed by atoms with E-state index in [4.69, 9.17) is 5.73 Å². The fourth-order valence-corrected chi connectivity index (χ4v) is 5.06. The molecule has 0 aliphatic carbocycles. The average molecular weight is 310 g/mol. The summed E-state index contributed by atoms with van der Waals surface area (Å²) in [6, 6.07) is 10.2. The van der Waals surface area contributed by atoms with Gasteiger partial charge in [0.15, 0.2) is 0 Å². The van der Waals surface area contributed by atoms with E-state index in [0.717, 1.165) is 18.9 Å². The van der Waals surface area contributed by atoms with Crippen LogP contribution in [0.25, 0.3) is 0 Å². The van der Waals surface area contributed by atoms with E-state index in [-0.39, 0.29) is 13.2 Å². The van der Waals surface area contributed by atoms with Crippen molar-refractivity contribution in [2.24, 2.45) is 5.73 Å². The van der Waals surface area contributed by atoms with Crippen molar-refractivity contribution in [3.8, 4) is 0 Å². The van der Waals surface area contributed by atoms with E-state index in [0.29, 0.717) is 6.42 Å². The zero-order chi connectivity index (χ0) is 15.9. The Labute approximate surface area is 130 Å². The first-order valence-corrected chi connectivity index (χ1v) is 11.2. The van der Waals surface area contributed by atoms with E-state index in [1.165, 1.54) is 17.2 Å². The van der Waals surface area contributed by atoms with Gasteiger partial charge in [-0.05, 0) is 18.4 Å². The lowest BCUT2D eigenvalue weighted by atomic mass is 9.97. The molecule has 3 nitrogen and oxygen atoms in total. The van der Waals surface area contributed by atoms with Gasteiger partial charge in [-0.15, -0.1) is 0 Å². The van der Waals surface area contributed by atoms with Crippen LogP contribution in [0.3, 0.4) is 0 Å². The molecule has 0 unspecified atom stereocenters. The molecule has 0 aliphatic rings. The van der Waals surface area contributed by atoms with E-state index in [9.17, 15) is 10.2 Å². The SMILES string of the molecule is CCCc1ccc([Si](C)(C)CCCC(N)(CO)CO)cc1. The van der Waals surface area contributed by atoms with Crippen molar-refractivity contribution in [3.63, 3.8) is 0 Å². The van der Waals surface area contributed by atoms with Crippen molar-refractivity contribution in [2.45, 2.75) is 57.3 Å². The summed E-state index contributed by atoms with van der Waals surface area (Å²) >= 11 is 0. The number of benzene rings is 1. The maximum absolute atomic E-state index is 9.24. The van der Waals surface area contributed by atoms with Crippen molar-refractivity contribution >= 4 is 13.3 Å². The summed E-state index contributed by atoms with van der Waals surface area (Å²) in [5.41, 5.74) is 6.52. The highest BCUT2D eigenvalue weighted by Crippen LogP contribution is 2.18. The van der Waals surface area contributed by atoms with Gasteiger partial charge in [0.25, 0.3) is 0 Å². The van der Waals surface area contributed by atoms with E-state index in [1.54, 1.807) is 0 Å². The number of aliphatic hydroxyl groups excluding tert-OH is 2. The molecule has 21 heavy (non-hydrogen) atoms. The third-order valence-corrected chi connectivity index (χ3v) is 7.88. The van der Waals surface area contributed by atoms with Gasteiger partial charge in [-0.25, -0.2) is 0 Å². The van der Waals surface area contributed by atoms with Crippen molar-refractivity contribution in [2.75, 3.05) is 13.2 Å². The smallest absolute Gasteiger partial charge is 0.0806 e. The normalized spacial score (nSPS) is 12.7. The van der Waals surface area contributed by atoms with Gasteiger partial charge in [0.05, 0.1) is 26.8 Å². The molecular weight excluding hydrogens is 278 g/mol. The molecule has 0 aliphatic heterocycles. The first-order chi connectivity index (χ1) is 9.87. The Hall–Kier alpha value is -0.683. The Morgan fingerprint density at radius 1 is 1.10 bits per heavy atom. The Kier molecular flexibility index (Phi) is 7.07. The Balaban J connectivity index is 2.60. The Morgan fingerprint density at radius 3 is 2.14 bits per heavy atom. The second kappa shape index (κ2) is 8.08. The minimum atomic E-state index is -1.47. The molecule has 0 fully saturated rings. The van der Waals surface area contributed by atoms with Crippen LogP contribution >= 0.6 is 0 Å². The number of nitrogens with two attached hydrogens (primary N) is 1. The second-order valence-electron chi connectivity index (χ2n) is 6.86. The van der Waals surface area contributed by atoms with Crippen LogP contribution in [0.1, 0.15) is 31.7 Å². The number of hydrogen-bond acceptors (Lipinski definition) is 3. The predicted molar refractivity (Wildman–Crippen MR) is 92.7 cm³/mol. The molecule has 1 aromatic rings. The van der Waals surface area contributed by atoms with Gasteiger partial charge < -0.3 is 15.9 Å². The van der Waals surface area contributed by atoms with Gasteiger partial charge in [0, 0.05) is 0 Å². The van der Waals surface area contributed by atoms with Crippen LogP contribution in [-0.4, -0.2) is 37.0 Å². The summed E-state index contributed by atoms with van der Waals surface area (Å²) < 4.78 is 0. The maximum Gasteiger partial charge on any atom is 0.0806 e. The lowest BCUT2D eigenvalue weighted by Gasteiger charge is -2.28. The van der Waals surface area contributed by atoms with Crippen molar-refractivity contribution in [1.29, 1.82) is 0 Å². The molecular formula is C17H31NO2Si. The number of aliphatic hydroxyl groups is 2. The van der Waals surface area contributed by atoms with Gasteiger partial charge >= 0.3 is 0 Å². The van der Waals surface area contributed by atoms with Gasteiger partial charge in [-0.2, -0.15) is 0 Å². The summed E-state index contributed by atoms with van der Waals surface area (Å²) in [6.45, 7) is 6.64. The molecule has 0 saturated heterocycles. The first kappa shape index (κ1) is 18.4. The molecule has 0 atom stereocenters. The first-order valence-electron chi connectivity index (χ1n) is 7.97. The van der Waals surface area contributed by atoms with Crippen LogP contribution in [0, 0.1) is 0 Å². The van der Waals surface area contributed by atoms with E-state index in [1.807, 2.05) is 0 Å². The minimum absolute atomic E-state index is 0.156. The van der Waals surface area contributed by atoms with Crippen LogP contribution in [0.2, 0.25) is 19.1 Å². The second-order valence-corrected chi connectivity index (χ2v) is 11.7. The highest BCUT2D eigenvalue weighted by atomic mass is 28.3. The summed E-state index contributed by atoms with van der Waals surface area (Å²) in [5, 5.41) is 19.9. The minimum Gasteiger partial charge on any atom is -0.394 e. The molecule has 0 heterocycles. The zero-order valence-corrected chi connectivity index (χ0v) is 14.7. The van der Waals surface area contributed by atoms with E-state index < -0.39 is 13.6 Å². The molecule has 0 saturated carbocycles. The van der Waals surface area contributed by atoms with Crippen molar-refractivity contribution in [1.82, 2.24) is 0 Å². The fourth-order valence-electron chi connectivity index (χ4n) is 2.65.